The molecule has 3 aromatic rings. The summed E-state index contributed by atoms with van der Waals surface area (Å²) in [5, 5.41) is 9.05. The first kappa shape index (κ1) is 14.1. The predicted molar refractivity (Wildman–Crippen MR) is 78.8 cm³/mol. The Kier molecular flexibility index (Phi) is 3.29. The first-order valence-electron chi connectivity index (χ1n) is 6.57. The van der Waals surface area contributed by atoms with Crippen LogP contribution < -0.4 is 4.74 Å². The second-order valence-corrected chi connectivity index (χ2v) is 4.84. The van der Waals surface area contributed by atoms with Gasteiger partial charge in [-0.1, -0.05) is 0 Å². The first-order chi connectivity index (χ1) is 10.5. The quantitative estimate of drug-likeness (QED) is 0.807. The highest BCUT2D eigenvalue weighted by Crippen LogP contribution is 2.33. The van der Waals surface area contributed by atoms with Crippen LogP contribution in [-0.2, 0) is 0 Å². The third-order valence-corrected chi connectivity index (χ3v) is 3.46. The summed E-state index contributed by atoms with van der Waals surface area (Å²) in [6.07, 6.45) is 1.61. The summed E-state index contributed by atoms with van der Waals surface area (Å²) >= 11 is 0. The molecule has 5 nitrogen and oxygen atoms in total. The topological polar surface area (TPSA) is 63.8 Å². The number of hydrogen-bond donors (Lipinski definition) is 1. The molecule has 1 N–H and O–H groups in total. The van der Waals surface area contributed by atoms with E-state index in [0.29, 0.717) is 28.3 Å². The van der Waals surface area contributed by atoms with Crippen LogP contribution in [-0.4, -0.2) is 27.6 Å². The molecule has 0 aliphatic heterocycles. The summed E-state index contributed by atoms with van der Waals surface area (Å²) in [5.74, 6) is -0.881. The van der Waals surface area contributed by atoms with E-state index in [9.17, 15) is 9.18 Å². The van der Waals surface area contributed by atoms with Gasteiger partial charge in [0.25, 0.3) is 0 Å². The van der Waals surface area contributed by atoms with E-state index in [-0.39, 0.29) is 11.4 Å². The fourth-order valence-corrected chi connectivity index (χ4v) is 2.49. The largest absolute Gasteiger partial charge is 0.496 e. The molecule has 112 valence electrons. The molecule has 6 heteroatoms. The number of ether oxygens (including phenoxy) is 1. The molecule has 0 amide bonds. The van der Waals surface area contributed by atoms with E-state index in [1.807, 2.05) is 0 Å². The molecule has 1 aromatic carbocycles. The SMILES string of the molecule is COc1ccc(F)cc1-c1c(C)nc2cc(C(=O)O)ccn12. The molecule has 22 heavy (non-hydrogen) atoms. The summed E-state index contributed by atoms with van der Waals surface area (Å²) in [6, 6.07) is 7.20. The van der Waals surface area contributed by atoms with Crippen molar-refractivity contribution in [2.24, 2.45) is 0 Å². The van der Waals surface area contributed by atoms with Crippen molar-refractivity contribution >= 4 is 11.6 Å². The number of aromatic carboxylic acids is 1. The zero-order chi connectivity index (χ0) is 15.9. The van der Waals surface area contributed by atoms with Crippen molar-refractivity contribution in [2.45, 2.75) is 6.92 Å². The number of carboxylic acids is 1. The van der Waals surface area contributed by atoms with Crippen molar-refractivity contribution in [3.05, 3.63) is 53.6 Å². The van der Waals surface area contributed by atoms with Crippen LogP contribution in [0.4, 0.5) is 4.39 Å². The lowest BCUT2D eigenvalue weighted by atomic mass is 10.1. The highest BCUT2D eigenvalue weighted by molar-refractivity contribution is 5.89. The molecular weight excluding hydrogens is 287 g/mol. The number of halogens is 1. The van der Waals surface area contributed by atoms with Gasteiger partial charge in [-0.25, -0.2) is 14.2 Å². The number of methoxy groups -OCH3 is 1. The second-order valence-electron chi connectivity index (χ2n) is 4.84. The molecule has 0 saturated heterocycles. The number of nitrogens with zero attached hydrogens (tertiary/aromatic N) is 2. The minimum absolute atomic E-state index is 0.148. The van der Waals surface area contributed by atoms with E-state index in [1.165, 1.54) is 31.4 Å². The summed E-state index contributed by atoms with van der Waals surface area (Å²) < 4.78 is 20.6. The Morgan fingerprint density at radius 2 is 2.09 bits per heavy atom. The summed E-state index contributed by atoms with van der Waals surface area (Å²) in [6.45, 7) is 1.78. The van der Waals surface area contributed by atoms with Crippen LogP contribution in [0.25, 0.3) is 16.9 Å². The van der Waals surface area contributed by atoms with Gasteiger partial charge in [0.2, 0.25) is 0 Å². The molecule has 3 rings (SSSR count). The van der Waals surface area contributed by atoms with Crippen molar-refractivity contribution < 1.29 is 19.0 Å². The molecule has 0 unspecified atom stereocenters. The molecule has 0 aliphatic carbocycles. The van der Waals surface area contributed by atoms with Crippen LogP contribution >= 0.6 is 0 Å². The second kappa shape index (κ2) is 5.14. The lowest BCUT2D eigenvalue weighted by Gasteiger charge is -2.09. The van der Waals surface area contributed by atoms with E-state index in [1.54, 1.807) is 23.6 Å². The Morgan fingerprint density at radius 1 is 1.32 bits per heavy atom. The smallest absolute Gasteiger partial charge is 0.335 e. The van der Waals surface area contributed by atoms with Crippen LogP contribution in [0.15, 0.2) is 36.5 Å². The van der Waals surface area contributed by atoms with Crippen LogP contribution in [0, 0.1) is 12.7 Å². The van der Waals surface area contributed by atoms with Gasteiger partial charge in [-0.2, -0.15) is 0 Å². The average molecular weight is 300 g/mol. The molecule has 0 radical (unpaired) electrons. The van der Waals surface area contributed by atoms with Gasteiger partial charge in [-0.3, -0.25) is 4.40 Å². The molecule has 0 atom stereocenters. The number of carboxylic acid groups (broad SMARTS) is 1. The maximum absolute atomic E-state index is 13.6. The molecular formula is C16H13FN2O3. The number of imidazole rings is 1. The fraction of sp³-hybridized carbons (Fsp3) is 0.125. The Bertz CT molecular complexity index is 886. The van der Waals surface area contributed by atoms with Gasteiger partial charge in [0.1, 0.15) is 17.2 Å². The maximum Gasteiger partial charge on any atom is 0.335 e. The number of aryl methyl sites for hydroxylation is 1. The summed E-state index contributed by atoms with van der Waals surface area (Å²) in [4.78, 5) is 15.4. The number of aromatic nitrogens is 2. The zero-order valence-corrected chi connectivity index (χ0v) is 12.0. The third kappa shape index (κ3) is 2.18. The molecule has 0 saturated carbocycles. The van der Waals surface area contributed by atoms with E-state index in [0.717, 1.165) is 0 Å². The lowest BCUT2D eigenvalue weighted by Crippen LogP contribution is -1.98. The highest BCUT2D eigenvalue weighted by atomic mass is 19.1. The van der Waals surface area contributed by atoms with E-state index in [2.05, 4.69) is 4.98 Å². The number of pyridine rings is 1. The minimum atomic E-state index is -1.02. The Labute approximate surface area is 125 Å². The third-order valence-electron chi connectivity index (χ3n) is 3.46. The van der Waals surface area contributed by atoms with Crippen molar-refractivity contribution in [3.63, 3.8) is 0 Å². The Morgan fingerprint density at radius 3 is 2.77 bits per heavy atom. The van der Waals surface area contributed by atoms with Gasteiger partial charge < -0.3 is 9.84 Å². The maximum atomic E-state index is 13.6. The number of benzene rings is 1. The van der Waals surface area contributed by atoms with Crippen molar-refractivity contribution in [1.29, 1.82) is 0 Å². The summed E-state index contributed by atoms with van der Waals surface area (Å²) in [7, 11) is 1.51. The van der Waals surface area contributed by atoms with E-state index in [4.69, 9.17) is 9.84 Å². The van der Waals surface area contributed by atoms with Crippen molar-refractivity contribution in [2.75, 3.05) is 7.11 Å². The molecule has 0 bridgehead atoms. The fourth-order valence-electron chi connectivity index (χ4n) is 2.49. The van der Waals surface area contributed by atoms with Crippen LogP contribution in [0.2, 0.25) is 0 Å². The highest BCUT2D eigenvalue weighted by Gasteiger charge is 2.17. The Hall–Kier alpha value is -2.89. The number of hydrogen-bond acceptors (Lipinski definition) is 3. The standard InChI is InChI=1S/C16H13FN2O3/c1-9-15(12-8-11(17)3-4-13(12)22-2)19-6-5-10(16(20)21)7-14(19)18-9/h3-8H,1-2H3,(H,20,21). The normalized spacial score (nSPS) is 10.9. The van der Waals surface area contributed by atoms with Crippen molar-refractivity contribution in [1.82, 2.24) is 9.38 Å². The van der Waals surface area contributed by atoms with E-state index >= 15 is 0 Å². The van der Waals surface area contributed by atoms with Crippen LogP contribution in [0.5, 0.6) is 5.75 Å². The molecule has 0 aliphatic rings. The number of carbonyl (C=O) groups is 1. The van der Waals surface area contributed by atoms with Gasteiger partial charge in [-0.15, -0.1) is 0 Å². The predicted octanol–water partition coefficient (Wildman–Crippen LogP) is 3.16. The summed E-state index contributed by atoms with van der Waals surface area (Å²) in [5.41, 5.74) is 2.53. The van der Waals surface area contributed by atoms with Gasteiger partial charge in [0.05, 0.1) is 24.1 Å². The zero-order valence-electron chi connectivity index (χ0n) is 12.0. The van der Waals surface area contributed by atoms with Crippen LogP contribution in [0.3, 0.4) is 0 Å². The van der Waals surface area contributed by atoms with Gasteiger partial charge in [0, 0.05) is 11.8 Å². The Balaban J connectivity index is 2.30. The molecule has 2 aromatic heterocycles. The minimum Gasteiger partial charge on any atom is -0.496 e. The van der Waals surface area contributed by atoms with Crippen molar-refractivity contribution in [3.8, 4) is 17.0 Å². The molecule has 0 fully saturated rings. The number of fused-ring (bicyclic) bond motifs is 1. The monoisotopic (exact) mass is 300 g/mol. The van der Waals surface area contributed by atoms with Gasteiger partial charge in [0.15, 0.2) is 0 Å². The average Bonchev–Trinajstić information content (AvgIpc) is 2.81. The molecule has 2 heterocycles. The first-order valence-corrected chi connectivity index (χ1v) is 6.57. The van der Waals surface area contributed by atoms with E-state index < -0.39 is 5.97 Å². The van der Waals surface area contributed by atoms with Crippen LogP contribution in [0.1, 0.15) is 16.1 Å². The van der Waals surface area contributed by atoms with Gasteiger partial charge >= 0.3 is 5.97 Å². The van der Waals surface area contributed by atoms with Gasteiger partial charge in [-0.05, 0) is 37.3 Å². The molecule has 0 spiro atoms. The lowest BCUT2D eigenvalue weighted by molar-refractivity contribution is 0.0697. The number of rotatable bonds is 3.